The van der Waals surface area contributed by atoms with Crippen molar-refractivity contribution in [3.05, 3.63) is 0 Å². The Kier molecular flexibility index (Phi) is 3.43. The molecule has 17 heavy (non-hydrogen) atoms. The van der Waals surface area contributed by atoms with Crippen LogP contribution in [0.15, 0.2) is 0 Å². The van der Waals surface area contributed by atoms with Gasteiger partial charge in [-0.1, -0.05) is 6.92 Å². The summed E-state index contributed by atoms with van der Waals surface area (Å²) >= 11 is 0. The Balaban J connectivity index is 1.90. The van der Waals surface area contributed by atoms with Crippen molar-refractivity contribution in [2.45, 2.75) is 26.2 Å². The zero-order valence-electron chi connectivity index (χ0n) is 9.93. The lowest BCUT2D eigenvalue weighted by Gasteiger charge is -2.32. The van der Waals surface area contributed by atoms with Crippen molar-refractivity contribution < 1.29 is 17.1 Å². The largest absolute Gasteiger partial charge is 0.342 e. The molecule has 2 rings (SSSR count). The molecule has 6 heteroatoms. The zero-order valence-corrected chi connectivity index (χ0v) is 10.7. The van der Waals surface area contributed by atoms with E-state index in [0.717, 1.165) is 12.8 Å². The van der Waals surface area contributed by atoms with Crippen LogP contribution in [0.1, 0.15) is 26.2 Å². The molecule has 2 aliphatic rings. The summed E-state index contributed by atoms with van der Waals surface area (Å²) in [6.07, 6.45) is 2.39. The number of hydrogen-bond donors (Lipinski definition) is 0. The zero-order chi connectivity index (χ0) is 12.6. The fraction of sp³-hybridized carbons (Fsp3) is 0.909. The highest BCUT2D eigenvalue weighted by Gasteiger charge is 2.42. The van der Waals surface area contributed by atoms with Gasteiger partial charge in [-0.05, 0) is 31.1 Å². The highest BCUT2D eigenvalue weighted by atomic mass is 32.3. The SMILES string of the molecule is C[C@@H]1C[C@@H]1C(=O)N1CCC[C@@H](CS(=O)(=O)F)C1. The summed E-state index contributed by atoms with van der Waals surface area (Å²) in [4.78, 5) is 13.7. The third-order valence-electron chi connectivity index (χ3n) is 3.69. The fourth-order valence-corrected chi connectivity index (χ4v) is 3.42. The normalized spacial score (nSPS) is 33.5. The molecular formula is C11H18FNO3S. The molecule has 1 saturated heterocycles. The van der Waals surface area contributed by atoms with Gasteiger partial charge in [0.2, 0.25) is 5.91 Å². The summed E-state index contributed by atoms with van der Waals surface area (Å²) in [7, 11) is -4.43. The van der Waals surface area contributed by atoms with Crippen LogP contribution >= 0.6 is 0 Å². The predicted molar refractivity (Wildman–Crippen MR) is 61.5 cm³/mol. The van der Waals surface area contributed by atoms with Crippen LogP contribution in [0.5, 0.6) is 0 Å². The quantitative estimate of drug-likeness (QED) is 0.718. The van der Waals surface area contributed by atoms with Gasteiger partial charge in [0.05, 0.1) is 5.75 Å². The van der Waals surface area contributed by atoms with Gasteiger partial charge in [0.15, 0.2) is 0 Å². The molecule has 0 N–H and O–H groups in total. The monoisotopic (exact) mass is 263 g/mol. The van der Waals surface area contributed by atoms with Crippen molar-refractivity contribution in [1.29, 1.82) is 0 Å². The lowest BCUT2D eigenvalue weighted by atomic mass is 9.99. The van der Waals surface area contributed by atoms with Crippen LogP contribution in [0, 0.1) is 17.8 Å². The molecule has 1 amide bonds. The van der Waals surface area contributed by atoms with Crippen LogP contribution in [-0.4, -0.2) is 38.1 Å². The molecule has 0 aromatic rings. The van der Waals surface area contributed by atoms with Crippen molar-refractivity contribution in [2.24, 2.45) is 17.8 Å². The summed E-state index contributed by atoms with van der Waals surface area (Å²) in [5.74, 6) is 0.00974. The molecule has 3 atom stereocenters. The number of piperidine rings is 1. The first-order valence-electron chi connectivity index (χ1n) is 6.08. The van der Waals surface area contributed by atoms with Gasteiger partial charge in [0.1, 0.15) is 0 Å². The summed E-state index contributed by atoms with van der Waals surface area (Å²) in [5.41, 5.74) is 0. The molecule has 0 spiro atoms. The van der Waals surface area contributed by atoms with E-state index in [4.69, 9.17) is 0 Å². The Bertz CT molecular complexity index is 409. The molecular weight excluding hydrogens is 245 g/mol. The summed E-state index contributed by atoms with van der Waals surface area (Å²) in [6, 6.07) is 0. The van der Waals surface area contributed by atoms with Gasteiger partial charge in [-0.3, -0.25) is 4.79 Å². The van der Waals surface area contributed by atoms with E-state index in [1.165, 1.54) is 0 Å². The second kappa shape index (κ2) is 4.55. The van der Waals surface area contributed by atoms with E-state index in [2.05, 4.69) is 0 Å². The minimum atomic E-state index is -4.43. The summed E-state index contributed by atoms with van der Waals surface area (Å²) in [6.45, 7) is 3.12. The topological polar surface area (TPSA) is 54.5 Å². The third-order valence-corrected chi connectivity index (χ3v) is 4.56. The molecule has 0 aromatic heterocycles. The van der Waals surface area contributed by atoms with Crippen molar-refractivity contribution >= 4 is 16.1 Å². The molecule has 0 bridgehead atoms. The highest BCUT2D eigenvalue weighted by Crippen LogP contribution is 2.39. The molecule has 0 unspecified atom stereocenters. The number of likely N-dealkylation sites (tertiary alicyclic amines) is 1. The number of carbonyl (C=O) groups excluding carboxylic acids is 1. The van der Waals surface area contributed by atoms with Gasteiger partial charge in [0, 0.05) is 19.0 Å². The molecule has 1 aliphatic heterocycles. The van der Waals surface area contributed by atoms with Crippen LogP contribution in [0.25, 0.3) is 0 Å². The second-order valence-corrected chi connectivity index (χ2v) is 6.73. The van der Waals surface area contributed by atoms with Gasteiger partial charge < -0.3 is 4.90 Å². The molecule has 4 nitrogen and oxygen atoms in total. The number of nitrogens with zero attached hydrogens (tertiary/aromatic N) is 1. The summed E-state index contributed by atoms with van der Waals surface area (Å²) in [5, 5.41) is 0. The average Bonchev–Trinajstić information content (AvgIpc) is 2.92. The van der Waals surface area contributed by atoms with E-state index in [1.54, 1.807) is 4.90 Å². The van der Waals surface area contributed by atoms with Gasteiger partial charge in [-0.2, -0.15) is 8.42 Å². The van der Waals surface area contributed by atoms with Crippen LogP contribution in [0.3, 0.4) is 0 Å². The molecule has 1 aliphatic carbocycles. The van der Waals surface area contributed by atoms with E-state index in [0.29, 0.717) is 25.4 Å². The van der Waals surface area contributed by atoms with Crippen molar-refractivity contribution in [2.75, 3.05) is 18.8 Å². The van der Waals surface area contributed by atoms with E-state index in [1.807, 2.05) is 6.92 Å². The van der Waals surface area contributed by atoms with Gasteiger partial charge in [-0.25, -0.2) is 0 Å². The second-order valence-electron chi connectivity index (χ2n) is 5.32. The van der Waals surface area contributed by atoms with E-state index >= 15 is 0 Å². The average molecular weight is 263 g/mol. The van der Waals surface area contributed by atoms with Gasteiger partial charge in [0.25, 0.3) is 0 Å². The Hall–Kier alpha value is -0.650. The highest BCUT2D eigenvalue weighted by molar-refractivity contribution is 7.86. The smallest absolute Gasteiger partial charge is 0.302 e. The first-order valence-corrected chi connectivity index (χ1v) is 7.63. The predicted octanol–water partition coefficient (Wildman–Crippen LogP) is 1.18. The Labute approximate surface area is 101 Å². The lowest BCUT2D eigenvalue weighted by Crippen LogP contribution is -2.42. The van der Waals surface area contributed by atoms with E-state index in [9.17, 15) is 17.1 Å². The molecule has 1 saturated carbocycles. The number of rotatable bonds is 3. The standard InChI is InChI=1S/C11H18FNO3S/c1-8-5-10(8)11(14)13-4-2-3-9(6-13)7-17(12,15)16/h8-10H,2-7H2,1H3/t8-,9-,10+/m1/s1. The van der Waals surface area contributed by atoms with Gasteiger partial charge >= 0.3 is 10.2 Å². The number of amides is 1. The number of halogens is 1. The van der Waals surface area contributed by atoms with Crippen molar-refractivity contribution in [3.8, 4) is 0 Å². The third kappa shape index (κ3) is 3.40. The van der Waals surface area contributed by atoms with Crippen LogP contribution in [0.2, 0.25) is 0 Å². The van der Waals surface area contributed by atoms with Crippen molar-refractivity contribution in [1.82, 2.24) is 4.90 Å². The molecule has 0 aromatic carbocycles. The molecule has 0 radical (unpaired) electrons. The Morgan fingerprint density at radius 3 is 2.65 bits per heavy atom. The fourth-order valence-electron chi connectivity index (χ4n) is 2.58. The number of hydrogen-bond acceptors (Lipinski definition) is 3. The Morgan fingerprint density at radius 1 is 1.47 bits per heavy atom. The molecule has 2 fully saturated rings. The van der Waals surface area contributed by atoms with Gasteiger partial charge in [-0.15, -0.1) is 3.89 Å². The lowest BCUT2D eigenvalue weighted by molar-refractivity contribution is -0.134. The minimum Gasteiger partial charge on any atom is -0.342 e. The first kappa shape index (κ1) is 12.8. The molecule has 1 heterocycles. The maximum Gasteiger partial charge on any atom is 0.302 e. The first-order chi connectivity index (χ1) is 7.87. The van der Waals surface area contributed by atoms with Crippen LogP contribution in [0.4, 0.5) is 3.89 Å². The Morgan fingerprint density at radius 2 is 2.12 bits per heavy atom. The maximum atomic E-state index is 12.6. The van der Waals surface area contributed by atoms with Crippen molar-refractivity contribution in [3.63, 3.8) is 0 Å². The number of carbonyl (C=O) groups is 1. The minimum absolute atomic E-state index is 0.121. The molecule has 98 valence electrons. The van der Waals surface area contributed by atoms with E-state index in [-0.39, 0.29) is 17.7 Å². The maximum absolute atomic E-state index is 12.6. The van der Waals surface area contributed by atoms with E-state index < -0.39 is 16.0 Å². The van der Waals surface area contributed by atoms with Crippen LogP contribution < -0.4 is 0 Å². The van der Waals surface area contributed by atoms with Crippen LogP contribution in [-0.2, 0) is 15.0 Å². The summed E-state index contributed by atoms with van der Waals surface area (Å²) < 4.78 is 33.8.